The summed E-state index contributed by atoms with van der Waals surface area (Å²) in [6, 6.07) is 4.34. The summed E-state index contributed by atoms with van der Waals surface area (Å²) < 4.78 is 0. The Bertz CT molecular complexity index is 430. The van der Waals surface area contributed by atoms with Crippen molar-refractivity contribution in [3.8, 4) is 11.5 Å². The van der Waals surface area contributed by atoms with E-state index in [1.807, 2.05) is 0 Å². The molecule has 1 aliphatic rings. The van der Waals surface area contributed by atoms with Gasteiger partial charge in [0.15, 0.2) is 0 Å². The van der Waals surface area contributed by atoms with Crippen molar-refractivity contribution in [1.82, 2.24) is 4.90 Å². The minimum atomic E-state index is -0.295. The summed E-state index contributed by atoms with van der Waals surface area (Å²) in [6.07, 6.45) is 2.05. The Morgan fingerprint density at radius 1 is 1.39 bits per heavy atom. The quantitative estimate of drug-likeness (QED) is 0.824. The molecule has 0 saturated carbocycles. The number of hydrogen-bond acceptors (Lipinski definition) is 3. The van der Waals surface area contributed by atoms with Crippen molar-refractivity contribution in [3.05, 3.63) is 23.8 Å². The van der Waals surface area contributed by atoms with E-state index >= 15 is 0 Å². The summed E-state index contributed by atoms with van der Waals surface area (Å²) in [5.41, 5.74) is 0.00715. The third kappa shape index (κ3) is 2.61. The van der Waals surface area contributed by atoms with Gasteiger partial charge in [0.2, 0.25) is 0 Å². The number of nitrogens with zero attached hydrogens (tertiary/aromatic N) is 1. The summed E-state index contributed by atoms with van der Waals surface area (Å²) in [5, 5.41) is 20.3. The predicted molar refractivity (Wildman–Crippen MR) is 72.2 cm³/mol. The molecule has 2 N–H and O–H groups in total. The Hall–Kier alpha value is -1.23. The number of amides is 1. The molecule has 1 aromatic rings. The molecule has 98 valence electrons. The molecule has 5 heteroatoms. The van der Waals surface area contributed by atoms with Gasteiger partial charge in [-0.2, -0.15) is 0 Å². The van der Waals surface area contributed by atoms with E-state index in [2.05, 4.69) is 15.9 Å². The van der Waals surface area contributed by atoms with E-state index in [-0.39, 0.29) is 23.0 Å². The number of benzene rings is 1. The summed E-state index contributed by atoms with van der Waals surface area (Å²) in [7, 11) is 0. The SMILES string of the molecule is O=C(c1c(O)cccc1O)N1CCCC(CBr)C1. The van der Waals surface area contributed by atoms with Crippen LogP contribution in [0, 0.1) is 5.92 Å². The molecule has 1 heterocycles. The zero-order chi connectivity index (χ0) is 13.1. The first-order chi connectivity index (χ1) is 8.63. The second-order valence-corrected chi connectivity index (χ2v) is 5.23. The van der Waals surface area contributed by atoms with Gasteiger partial charge in [0.25, 0.3) is 5.91 Å². The summed E-state index contributed by atoms with van der Waals surface area (Å²) in [6.45, 7) is 1.34. The zero-order valence-electron chi connectivity index (χ0n) is 9.97. The van der Waals surface area contributed by atoms with Crippen LogP contribution in [0.25, 0.3) is 0 Å². The monoisotopic (exact) mass is 313 g/mol. The van der Waals surface area contributed by atoms with Crippen molar-refractivity contribution in [1.29, 1.82) is 0 Å². The fraction of sp³-hybridized carbons (Fsp3) is 0.462. The van der Waals surface area contributed by atoms with Crippen molar-refractivity contribution < 1.29 is 15.0 Å². The minimum absolute atomic E-state index is 0.00715. The van der Waals surface area contributed by atoms with Crippen molar-refractivity contribution in [2.45, 2.75) is 12.8 Å². The maximum Gasteiger partial charge on any atom is 0.261 e. The molecule has 0 spiro atoms. The fourth-order valence-corrected chi connectivity index (χ4v) is 2.81. The van der Waals surface area contributed by atoms with E-state index in [1.165, 1.54) is 18.2 Å². The largest absolute Gasteiger partial charge is 0.507 e. The maximum atomic E-state index is 12.3. The number of likely N-dealkylation sites (tertiary alicyclic amines) is 1. The lowest BCUT2D eigenvalue weighted by atomic mass is 9.99. The van der Waals surface area contributed by atoms with Crippen LogP contribution < -0.4 is 0 Å². The Kier molecular flexibility index (Phi) is 4.11. The molecule has 0 aromatic heterocycles. The lowest BCUT2D eigenvalue weighted by Crippen LogP contribution is -2.40. The van der Waals surface area contributed by atoms with Crippen LogP contribution in [0.1, 0.15) is 23.2 Å². The van der Waals surface area contributed by atoms with Crippen LogP contribution in [-0.2, 0) is 0 Å². The molecule has 1 amide bonds. The first-order valence-corrected chi connectivity index (χ1v) is 7.11. The average Bonchev–Trinajstić information content (AvgIpc) is 2.38. The summed E-state index contributed by atoms with van der Waals surface area (Å²) in [5.74, 6) is -0.186. The molecule has 1 fully saturated rings. The van der Waals surface area contributed by atoms with Gasteiger partial charge in [-0.25, -0.2) is 0 Å². The number of carbonyl (C=O) groups excluding carboxylic acids is 1. The highest BCUT2D eigenvalue weighted by Gasteiger charge is 2.27. The van der Waals surface area contributed by atoms with Crippen molar-refractivity contribution >= 4 is 21.8 Å². The lowest BCUT2D eigenvalue weighted by Gasteiger charge is -2.32. The molecular formula is C13H16BrNO3. The van der Waals surface area contributed by atoms with Crippen LogP contribution in [0.3, 0.4) is 0 Å². The topological polar surface area (TPSA) is 60.8 Å². The maximum absolute atomic E-state index is 12.3. The highest BCUT2D eigenvalue weighted by atomic mass is 79.9. The van der Waals surface area contributed by atoms with Crippen molar-refractivity contribution in [2.24, 2.45) is 5.92 Å². The number of halogens is 1. The molecule has 0 bridgehead atoms. The Morgan fingerprint density at radius 3 is 2.67 bits per heavy atom. The van der Waals surface area contributed by atoms with Gasteiger partial charge < -0.3 is 15.1 Å². The van der Waals surface area contributed by atoms with Gasteiger partial charge in [0.1, 0.15) is 17.1 Å². The molecule has 18 heavy (non-hydrogen) atoms. The van der Waals surface area contributed by atoms with Crippen LogP contribution in [0.2, 0.25) is 0 Å². The number of carbonyl (C=O) groups is 1. The fourth-order valence-electron chi connectivity index (χ4n) is 2.28. The smallest absolute Gasteiger partial charge is 0.261 e. The molecule has 2 rings (SSSR count). The number of phenols is 2. The van der Waals surface area contributed by atoms with Gasteiger partial charge in [-0.15, -0.1) is 0 Å². The Labute approximate surface area is 114 Å². The van der Waals surface area contributed by atoms with Crippen molar-refractivity contribution in [2.75, 3.05) is 18.4 Å². The van der Waals surface area contributed by atoms with Gasteiger partial charge in [-0.05, 0) is 30.9 Å². The van der Waals surface area contributed by atoms with Crippen LogP contribution in [0.5, 0.6) is 11.5 Å². The van der Waals surface area contributed by atoms with E-state index in [0.717, 1.165) is 18.2 Å². The standard InChI is InChI=1S/C13H16BrNO3/c14-7-9-3-2-6-15(8-9)13(18)12-10(16)4-1-5-11(12)17/h1,4-5,9,16-17H,2-3,6-8H2. The number of hydrogen-bond donors (Lipinski definition) is 2. The van der Waals surface area contributed by atoms with Gasteiger partial charge in [-0.1, -0.05) is 22.0 Å². The molecule has 1 atom stereocenters. The van der Waals surface area contributed by atoms with Gasteiger partial charge >= 0.3 is 0 Å². The van der Waals surface area contributed by atoms with E-state index in [4.69, 9.17) is 0 Å². The minimum Gasteiger partial charge on any atom is -0.507 e. The van der Waals surface area contributed by atoms with E-state index in [9.17, 15) is 15.0 Å². The molecule has 0 aliphatic carbocycles. The highest BCUT2D eigenvalue weighted by Crippen LogP contribution is 2.29. The van der Waals surface area contributed by atoms with E-state index < -0.39 is 0 Å². The third-order valence-corrected chi connectivity index (χ3v) is 4.17. The van der Waals surface area contributed by atoms with Crippen LogP contribution >= 0.6 is 15.9 Å². The molecule has 1 aromatic carbocycles. The Morgan fingerprint density at radius 2 is 2.06 bits per heavy atom. The van der Waals surface area contributed by atoms with E-state index in [1.54, 1.807) is 4.90 Å². The normalized spacial score (nSPS) is 19.8. The number of aromatic hydroxyl groups is 2. The average molecular weight is 314 g/mol. The van der Waals surface area contributed by atoms with E-state index in [0.29, 0.717) is 19.0 Å². The number of piperidine rings is 1. The van der Waals surface area contributed by atoms with Crippen LogP contribution in [0.15, 0.2) is 18.2 Å². The third-order valence-electron chi connectivity index (χ3n) is 3.26. The number of rotatable bonds is 2. The second-order valence-electron chi connectivity index (χ2n) is 4.58. The molecular weight excluding hydrogens is 298 g/mol. The van der Waals surface area contributed by atoms with Gasteiger partial charge in [-0.3, -0.25) is 4.79 Å². The summed E-state index contributed by atoms with van der Waals surface area (Å²) in [4.78, 5) is 14.0. The molecule has 1 saturated heterocycles. The second kappa shape index (κ2) is 5.61. The number of phenolic OH excluding ortho intramolecular Hbond substituents is 2. The predicted octanol–water partition coefficient (Wildman–Crippen LogP) is 2.34. The molecule has 4 nitrogen and oxygen atoms in total. The Balaban J connectivity index is 2.20. The molecule has 0 radical (unpaired) electrons. The summed E-state index contributed by atoms with van der Waals surface area (Å²) >= 11 is 3.44. The van der Waals surface area contributed by atoms with Gasteiger partial charge in [0.05, 0.1) is 0 Å². The molecule has 1 unspecified atom stereocenters. The van der Waals surface area contributed by atoms with Gasteiger partial charge in [0, 0.05) is 18.4 Å². The number of alkyl halides is 1. The zero-order valence-corrected chi connectivity index (χ0v) is 11.6. The van der Waals surface area contributed by atoms with Crippen LogP contribution in [0.4, 0.5) is 0 Å². The van der Waals surface area contributed by atoms with Crippen LogP contribution in [-0.4, -0.2) is 39.4 Å². The lowest BCUT2D eigenvalue weighted by molar-refractivity contribution is 0.0679. The molecule has 1 aliphatic heterocycles. The first-order valence-electron chi connectivity index (χ1n) is 5.99. The van der Waals surface area contributed by atoms with Crippen molar-refractivity contribution in [3.63, 3.8) is 0 Å². The highest BCUT2D eigenvalue weighted by molar-refractivity contribution is 9.09. The first kappa shape index (κ1) is 13.2.